The summed E-state index contributed by atoms with van der Waals surface area (Å²) in [6, 6.07) is 4.78. The summed E-state index contributed by atoms with van der Waals surface area (Å²) in [4.78, 5) is 30.9. The summed E-state index contributed by atoms with van der Waals surface area (Å²) in [6.45, 7) is 0. The number of nitrogens with zero attached hydrogens (tertiary/aromatic N) is 1. The van der Waals surface area contributed by atoms with Crippen molar-refractivity contribution in [3.63, 3.8) is 0 Å². The molecular formula is C19H16F4N2O2S. The molecule has 0 unspecified atom stereocenters. The molecule has 2 saturated carbocycles. The third kappa shape index (κ3) is 4.14. The van der Waals surface area contributed by atoms with Gasteiger partial charge in [-0.15, -0.1) is 0 Å². The smallest absolute Gasteiger partial charge is 0.310 e. The monoisotopic (exact) mass is 412 g/mol. The van der Waals surface area contributed by atoms with Crippen molar-refractivity contribution in [2.24, 2.45) is 0 Å². The fourth-order valence-corrected chi connectivity index (χ4v) is 3.87. The van der Waals surface area contributed by atoms with Gasteiger partial charge in [0.1, 0.15) is 17.3 Å². The van der Waals surface area contributed by atoms with Crippen molar-refractivity contribution in [3.05, 3.63) is 57.5 Å². The van der Waals surface area contributed by atoms with E-state index in [9.17, 15) is 27.2 Å². The quantitative estimate of drug-likeness (QED) is 0.424. The van der Waals surface area contributed by atoms with E-state index in [0.717, 1.165) is 31.0 Å². The van der Waals surface area contributed by atoms with Crippen LogP contribution in [0.5, 0.6) is 0 Å². The van der Waals surface area contributed by atoms with E-state index >= 15 is 0 Å². The topological polar surface area (TPSA) is 62.8 Å². The minimum absolute atomic E-state index is 0.0404. The predicted octanol–water partition coefficient (Wildman–Crippen LogP) is 4.70. The second-order valence-corrected chi connectivity index (χ2v) is 8.47. The zero-order valence-electron chi connectivity index (χ0n) is 14.6. The number of ketones is 1. The van der Waals surface area contributed by atoms with Gasteiger partial charge in [-0.05, 0) is 55.1 Å². The Morgan fingerprint density at radius 3 is 2.54 bits per heavy atom. The third-order valence-corrected chi connectivity index (χ3v) is 5.91. The highest BCUT2D eigenvalue weighted by molar-refractivity contribution is 8.00. The molecule has 1 aromatic carbocycles. The maximum atomic E-state index is 14.1. The number of rotatable bonds is 6. The molecule has 0 radical (unpaired) electrons. The second kappa shape index (κ2) is 6.72. The summed E-state index contributed by atoms with van der Waals surface area (Å²) in [5.74, 6) is -0.577. The highest BCUT2D eigenvalue weighted by Crippen LogP contribution is 2.52. The van der Waals surface area contributed by atoms with Crippen molar-refractivity contribution in [1.29, 1.82) is 0 Å². The Balaban J connectivity index is 1.54. The maximum Gasteiger partial charge on any atom is 0.446 e. The summed E-state index contributed by atoms with van der Waals surface area (Å²) >= 11 is -0.500. The first-order chi connectivity index (χ1) is 13.2. The lowest BCUT2D eigenvalue weighted by atomic mass is 9.89. The number of thioether (sulfide) groups is 1. The van der Waals surface area contributed by atoms with Crippen molar-refractivity contribution < 1.29 is 22.4 Å². The number of hydrogen-bond donors (Lipinski definition) is 1. The molecule has 2 aromatic rings. The summed E-state index contributed by atoms with van der Waals surface area (Å²) in [5.41, 5.74) is -4.98. The van der Waals surface area contributed by atoms with E-state index in [1.165, 1.54) is 6.07 Å². The van der Waals surface area contributed by atoms with Crippen LogP contribution in [0.15, 0.2) is 34.0 Å². The van der Waals surface area contributed by atoms with Crippen LogP contribution in [0.25, 0.3) is 0 Å². The number of nitrogens with one attached hydrogen (secondary N) is 1. The lowest BCUT2D eigenvalue weighted by Gasteiger charge is -2.16. The Bertz CT molecular complexity index is 994. The molecule has 2 aliphatic carbocycles. The van der Waals surface area contributed by atoms with E-state index in [1.54, 1.807) is 0 Å². The van der Waals surface area contributed by atoms with Crippen LogP contribution >= 0.6 is 11.8 Å². The van der Waals surface area contributed by atoms with E-state index in [2.05, 4.69) is 9.97 Å². The highest BCUT2D eigenvalue weighted by atomic mass is 32.2. The van der Waals surface area contributed by atoms with Gasteiger partial charge in [0.15, 0.2) is 5.78 Å². The van der Waals surface area contributed by atoms with Crippen LogP contribution in [0.2, 0.25) is 0 Å². The minimum atomic E-state index is -4.57. The molecule has 28 heavy (non-hydrogen) atoms. The zero-order chi connectivity index (χ0) is 20.1. The van der Waals surface area contributed by atoms with E-state index in [4.69, 9.17) is 0 Å². The standard InChI is InChI=1S/C19H16F4N2O2S/c20-12-7-11(3-4-15(12)28-19(21,22)23)18(5-6-18)9-14(26)13-8-16(27)25-17(24-13)10-1-2-10/h3-4,7-8,10H,1-2,5-6,9H2,(H,24,25,27). The first-order valence-corrected chi connectivity index (χ1v) is 9.67. The lowest BCUT2D eigenvalue weighted by Crippen LogP contribution is -2.19. The van der Waals surface area contributed by atoms with Crippen molar-refractivity contribution in [2.75, 3.05) is 0 Å². The lowest BCUT2D eigenvalue weighted by molar-refractivity contribution is -0.0329. The SMILES string of the molecule is O=C(CC1(c2ccc(SC(F)(F)F)c(F)c2)CC1)c1cc(=O)[nH]c(C2CC2)n1. The Morgan fingerprint density at radius 2 is 1.96 bits per heavy atom. The molecule has 0 bridgehead atoms. The molecule has 0 atom stereocenters. The molecule has 1 aromatic heterocycles. The average molecular weight is 412 g/mol. The van der Waals surface area contributed by atoms with Crippen molar-refractivity contribution in [1.82, 2.24) is 9.97 Å². The normalized spacial score (nSPS) is 18.1. The third-order valence-electron chi connectivity index (χ3n) is 5.13. The second-order valence-electron chi connectivity index (χ2n) is 7.36. The number of Topliss-reactive ketones (excluding diaryl/α,β-unsaturated/α-hetero) is 1. The number of aromatic amines is 1. The molecule has 0 saturated heterocycles. The summed E-state index contributed by atoms with van der Waals surface area (Å²) in [7, 11) is 0. The fraction of sp³-hybridized carbons (Fsp3) is 0.421. The Morgan fingerprint density at radius 1 is 1.25 bits per heavy atom. The van der Waals surface area contributed by atoms with Crippen molar-refractivity contribution >= 4 is 17.5 Å². The molecule has 0 amide bonds. The van der Waals surface area contributed by atoms with Gasteiger partial charge in [0.25, 0.3) is 5.56 Å². The number of hydrogen-bond acceptors (Lipinski definition) is 4. The number of carbonyl (C=O) groups is 1. The summed E-state index contributed by atoms with van der Waals surface area (Å²) in [6.07, 6.45) is 3.14. The number of benzene rings is 1. The molecule has 1 heterocycles. The molecular weight excluding hydrogens is 396 g/mol. The Hall–Kier alpha value is -2.16. The van der Waals surface area contributed by atoms with E-state index < -0.39 is 33.4 Å². The zero-order valence-corrected chi connectivity index (χ0v) is 15.4. The van der Waals surface area contributed by atoms with Gasteiger partial charge in [0.2, 0.25) is 0 Å². The highest BCUT2D eigenvalue weighted by Gasteiger charge is 2.46. The molecule has 1 N–H and O–H groups in total. The van der Waals surface area contributed by atoms with Crippen LogP contribution in [-0.4, -0.2) is 21.3 Å². The molecule has 2 fully saturated rings. The van der Waals surface area contributed by atoms with Gasteiger partial charge in [-0.2, -0.15) is 13.2 Å². The Labute approximate surface area is 161 Å². The average Bonchev–Trinajstić information content (AvgIpc) is 3.49. The van der Waals surface area contributed by atoms with E-state index in [0.29, 0.717) is 24.2 Å². The van der Waals surface area contributed by atoms with Crippen molar-refractivity contribution in [3.8, 4) is 0 Å². The Kier molecular flexibility index (Phi) is 4.60. The van der Waals surface area contributed by atoms with Gasteiger partial charge in [-0.25, -0.2) is 9.37 Å². The number of aromatic nitrogens is 2. The van der Waals surface area contributed by atoms with E-state index in [-0.39, 0.29) is 29.4 Å². The molecule has 148 valence electrons. The molecule has 0 spiro atoms. The van der Waals surface area contributed by atoms with Crippen molar-refractivity contribution in [2.45, 2.75) is 53.8 Å². The van der Waals surface area contributed by atoms with Gasteiger partial charge in [-0.1, -0.05) is 6.07 Å². The van der Waals surface area contributed by atoms with Crippen LogP contribution in [0.4, 0.5) is 17.6 Å². The van der Waals surface area contributed by atoms with Crippen LogP contribution < -0.4 is 5.56 Å². The van der Waals surface area contributed by atoms with Crippen LogP contribution in [0, 0.1) is 5.82 Å². The minimum Gasteiger partial charge on any atom is -0.310 e. The number of H-pyrrole nitrogens is 1. The maximum absolute atomic E-state index is 14.1. The van der Waals surface area contributed by atoms with E-state index in [1.807, 2.05) is 0 Å². The van der Waals surface area contributed by atoms with Gasteiger partial charge in [-0.3, -0.25) is 9.59 Å². The molecule has 4 rings (SSSR count). The van der Waals surface area contributed by atoms with Gasteiger partial charge in [0.05, 0.1) is 4.90 Å². The molecule has 4 nitrogen and oxygen atoms in total. The van der Waals surface area contributed by atoms with Crippen LogP contribution in [-0.2, 0) is 5.41 Å². The fourth-order valence-electron chi connectivity index (χ4n) is 3.32. The van der Waals surface area contributed by atoms with Crippen LogP contribution in [0.1, 0.15) is 59.9 Å². The first kappa shape index (κ1) is 19.2. The molecule has 9 heteroatoms. The van der Waals surface area contributed by atoms with Gasteiger partial charge in [0, 0.05) is 23.8 Å². The predicted molar refractivity (Wildman–Crippen MR) is 95.0 cm³/mol. The molecule has 2 aliphatic rings. The summed E-state index contributed by atoms with van der Waals surface area (Å²) < 4.78 is 51.5. The summed E-state index contributed by atoms with van der Waals surface area (Å²) in [5, 5.41) is 0. The van der Waals surface area contributed by atoms with Gasteiger partial charge < -0.3 is 4.98 Å². The molecule has 0 aliphatic heterocycles. The van der Waals surface area contributed by atoms with Crippen LogP contribution in [0.3, 0.4) is 0 Å². The van der Waals surface area contributed by atoms with Gasteiger partial charge >= 0.3 is 5.51 Å². The number of halogens is 4. The first-order valence-electron chi connectivity index (χ1n) is 8.85. The number of alkyl halides is 3. The number of carbonyl (C=O) groups excluding carboxylic acids is 1. The largest absolute Gasteiger partial charge is 0.446 e.